The summed E-state index contributed by atoms with van der Waals surface area (Å²) in [6, 6.07) is 5.32. The molecule has 1 aromatic carbocycles. The lowest BCUT2D eigenvalue weighted by atomic mass is 9.77. The molecule has 5 nitrogen and oxygen atoms in total. The van der Waals surface area contributed by atoms with Crippen LogP contribution in [0.2, 0.25) is 10.0 Å². The number of ether oxygens (including phenoxy) is 2. The third-order valence-electron chi connectivity index (χ3n) is 6.15. The van der Waals surface area contributed by atoms with Gasteiger partial charge in [0, 0.05) is 24.9 Å². The Kier molecular flexibility index (Phi) is 7.26. The molecule has 1 saturated heterocycles. The van der Waals surface area contributed by atoms with Crippen LogP contribution in [0.1, 0.15) is 45.1 Å². The van der Waals surface area contributed by atoms with Gasteiger partial charge < -0.3 is 14.8 Å². The number of carbonyl (C=O) groups is 1. The zero-order valence-corrected chi connectivity index (χ0v) is 18.2. The number of benzene rings is 1. The van der Waals surface area contributed by atoms with Gasteiger partial charge >= 0.3 is 0 Å². The largest absolute Gasteiger partial charge is 0.354 e. The summed E-state index contributed by atoms with van der Waals surface area (Å²) in [6.45, 7) is 8.25. The highest BCUT2D eigenvalue weighted by molar-refractivity contribution is 6.42. The molecule has 156 valence electrons. The number of nitrogens with one attached hydrogen (secondary N) is 1. The van der Waals surface area contributed by atoms with Crippen LogP contribution in [0.5, 0.6) is 0 Å². The van der Waals surface area contributed by atoms with E-state index < -0.39 is 5.79 Å². The Morgan fingerprint density at radius 3 is 2.29 bits per heavy atom. The zero-order chi connectivity index (χ0) is 20.2. The third-order valence-corrected chi connectivity index (χ3v) is 6.89. The first-order valence-corrected chi connectivity index (χ1v) is 10.9. The van der Waals surface area contributed by atoms with Crippen LogP contribution in [0.25, 0.3) is 0 Å². The van der Waals surface area contributed by atoms with E-state index in [1.165, 1.54) is 0 Å². The number of likely N-dealkylation sites (N-methyl/N-ethyl adjacent to an activating group) is 1. The Bertz CT molecular complexity index is 678. The zero-order valence-electron chi connectivity index (χ0n) is 16.7. The van der Waals surface area contributed by atoms with E-state index in [9.17, 15) is 4.79 Å². The third kappa shape index (κ3) is 4.82. The fraction of sp³-hybridized carbons (Fsp3) is 0.667. The van der Waals surface area contributed by atoms with Gasteiger partial charge in [0.25, 0.3) is 0 Å². The molecule has 0 radical (unpaired) electrons. The summed E-state index contributed by atoms with van der Waals surface area (Å²) in [5, 5.41) is 4.14. The van der Waals surface area contributed by atoms with Gasteiger partial charge in [-0.05, 0) is 43.6 Å². The first-order chi connectivity index (χ1) is 13.4. The minimum atomic E-state index is -0.402. The van der Waals surface area contributed by atoms with Crippen LogP contribution >= 0.6 is 23.2 Å². The van der Waals surface area contributed by atoms with Gasteiger partial charge in [0.15, 0.2) is 5.79 Å². The van der Waals surface area contributed by atoms with Crippen molar-refractivity contribution in [3.05, 3.63) is 33.8 Å². The van der Waals surface area contributed by atoms with E-state index >= 15 is 0 Å². The molecule has 2 aliphatic rings. The maximum Gasteiger partial charge on any atom is 0.224 e. The summed E-state index contributed by atoms with van der Waals surface area (Å²) < 4.78 is 11.8. The van der Waals surface area contributed by atoms with Gasteiger partial charge in [0.1, 0.15) is 0 Å². The quantitative estimate of drug-likeness (QED) is 0.711. The number of hydrogen-bond donors (Lipinski definition) is 1. The van der Waals surface area contributed by atoms with E-state index in [1.807, 2.05) is 6.07 Å². The Balaban J connectivity index is 1.63. The van der Waals surface area contributed by atoms with Crippen LogP contribution in [0, 0.1) is 0 Å². The fourth-order valence-electron chi connectivity index (χ4n) is 4.54. The average molecular weight is 429 g/mol. The van der Waals surface area contributed by atoms with Crippen molar-refractivity contribution in [3.8, 4) is 0 Å². The maximum absolute atomic E-state index is 12.6. The lowest BCUT2D eigenvalue weighted by molar-refractivity contribution is -0.193. The summed E-state index contributed by atoms with van der Waals surface area (Å²) in [7, 11) is 0. The lowest BCUT2D eigenvalue weighted by Gasteiger charge is -2.49. The van der Waals surface area contributed by atoms with Crippen LogP contribution in [0.15, 0.2) is 18.2 Å². The molecule has 28 heavy (non-hydrogen) atoms. The van der Waals surface area contributed by atoms with Crippen molar-refractivity contribution in [2.45, 2.75) is 57.3 Å². The molecule has 1 heterocycles. The van der Waals surface area contributed by atoms with Crippen molar-refractivity contribution in [3.63, 3.8) is 0 Å². The molecule has 7 heteroatoms. The topological polar surface area (TPSA) is 50.8 Å². The van der Waals surface area contributed by atoms with E-state index in [0.29, 0.717) is 36.2 Å². The molecule has 1 saturated carbocycles. The molecule has 1 aliphatic heterocycles. The van der Waals surface area contributed by atoms with E-state index in [0.717, 1.165) is 44.3 Å². The van der Waals surface area contributed by atoms with Crippen LogP contribution in [0.4, 0.5) is 0 Å². The van der Waals surface area contributed by atoms with Crippen LogP contribution in [-0.4, -0.2) is 55.0 Å². The highest BCUT2D eigenvalue weighted by atomic mass is 35.5. The summed E-state index contributed by atoms with van der Waals surface area (Å²) in [5.41, 5.74) is 0.802. The van der Waals surface area contributed by atoms with Gasteiger partial charge in [-0.2, -0.15) is 0 Å². The predicted molar refractivity (Wildman–Crippen MR) is 112 cm³/mol. The van der Waals surface area contributed by atoms with E-state index in [-0.39, 0.29) is 11.4 Å². The van der Waals surface area contributed by atoms with E-state index in [2.05, 4.69) is 24.1 Å². The molecule has 1 aliphatic carbocycles. The van der Waals surface area contributed by atoms with Gasteiger partial charge in [-0.1, -0.05) is 43.1 Å². The maximum atomic E-state index is 12.6. The number of nitrogens with zero attached hydrogens (tertiary/aromatic N) is 1. The molecule has 1 spiro atoms. The number of amides is 1. The van der Waals surface area contributed by atoms with Crippen LogP contribution < -0.4 is 5.32 Å². The number of hydrogen-bond acceptors (Lipinski definition) is 4. The highest BCUT2D eigenvalue weighted by Crippen LogP contribution is 2.42. The Labute approximate surface area is 177 Å². The minimum Gasteiger partial charge on any atom is -0.354 e. The molecule has 0 unspecified atom stereocenters. The fourth-order valence-corrected chi connectivity index (χ4v) is 4.86. The summed E-state index contributed by atoms with van der Waals surface area (Å²) in [5.74, 6) is -0.403. The van der Waals surface area contributed by atoms with Gasteiger partial charge in [-0.15, -0.1) is 0 Å². The molecule has 0 bridgehead atoms. The minimum absolute atomic E-state index is 0.00132. The van der Waals surface area contributed by atoms with Crippen molar-refractivity contribution in [2.24, 2.45) is 0 Å². The van der Waals surface area contributed by atoms with Gasteiger partial charge in [0.2, 0.25) is 5.91 Å². The molecule has 0 aromatic heterocycles. The Hall–Kier alpha value is -0.850. The van der Waals surface area contributed by atoms with E-state index in [4.69, 9.17) is 32.7 Å². The van der Waals surface area contributed by atoms with Gasteiger partial charge in [-0.25, -0.2) is 0 Å². The molecule has 1 N–H and O–H groups in total. The Morgan fingerprint density at radius 1 is 1.07 bits per heavy atom. The molecule has 1 amide bonds. The highest BCUT2D eigenvalue weighted by Gasteiger charge is 2.48. The standard InChI is InChI=1S/C21H30Cl2N2O3/c1-3-25(4-2)20(7-9-21(10-8-20)27-11-12-28-21)15-24-19(26)14-16-5-6-17(22)18(23)13-16/h5-6,13H,3-4,7-12,14-15H2,1-2H3,(H,24,26). The SMILES string of the molecule is CCN(CC)C1(CNC(=O)Cc2ccc(Cl)c(Cl)c2)CCC2(CC1)OCCO2. The molecular formula is C21H30Cl2N2O3. The molecular weight excluding hydrogens is 399 g/mol. The Morgan fingerprint density at radius 2 is 1.71 bits per heavy atom. The second-order valence-electron chi connectivity index (χ2n) is 7.71. The van der Waals surface area contributed by atoms with Gasteiger partial charge in [-0.3, -0.25) is 9.69 Å². The number of halogens is 2. The monoisotopic (exact) mass is 428 g/mol. The second-order valence-corrected chi connectivity index (χ2v) is 8.52. The lowest BCUT2D eigenvalue weighted by Crippen LogP contribution is -2.59. The predicted octanol–water partition coefficient (Wildman–Crippen LogP) is 4.05. The summed E-state index contributed by atoms with van der Waals surface area (Å²) in [6.07, 6.45) is 3.92. The average Bonchev–Trinajstić information content (AvgIpc) is 3.15. The first-order valence-electron chi connectivity index (χ1n) is 10.2. The second kappa shape index (κ2) is 9.31. The number of carbonyl (C=O) groups excluding carboxylic acids is 1. The number of rotatable bonds is 7. The van der Waals surface area contributed by atoms with Crippen molar-refractivity contribution in [1.29, 1.82) is 0 Å². The van der Waals surface area contributed by atoms with E-state index in [1.54, 1.807) is 12.1 Å². The first kappa shape index (κ1) is 21.8. The van der Waals surface area contributed by atoms with Crippen LogP contribution in [0.3, 0.4) is 0 Å². The van der Waals surface area contributed by atoms with Gasteiger partial charge in [0.05, 0.1) is 29.7 Å². The van der Waals surface area contributed by atoms with Crippen molar-refractivity contribution < 1.29 is 14.3 Å². The van der Waals surface area contributed by atoms with Crippen molar-refractivity contribution >= 4 is 29.1 Å². The molecule has 1 aromatic rings. The summed E-state index contributed by atoms with van der Waals surface area (Å²) in [4.78, 5) is 15.1. The summed E-state index contributed by atoms with van der Waals surface area (Å²) >= 11 is 12.0. The smallest absolute Gasteiger partial charge is 0.224 e. The molecule has 2 fully saturated rings. The van der Waals surface area contributed by atoms with Crippen molar-refractivity contribution in [2.75, 3.05) is 32.8 Å². The van der Waals surface area contributed by atoms with Crippen LogP contribution in [-0.2, 0) is 20.7 Å². The molecule has 0 atom stereocenters. The normalized spacial score (nSPS) is 20.6. The van der Waals surface area contributed by atoms with Crippen molar-refractivity contribution in [1.82, 2.24) is 10.2 Å². The molecule has 3 rings (SSSR count).